The van der Waals surface area contributed by atoms with E-state index in [4.69, 9.17) is 18.6 Å². The fourth-order valence-electron chi connectivity index (χ4n) is 4.17. The smallest absolute Gasteiger partial charge is 0.251 e. The van der Waals surface area contributed by atoms with Crippen molar-refractivity contribution in [3.63, 3.8) is 0 Å². The predicted octanol–water partition coefficient (Wildman–Crippen LogP) is 3.64. The number of nitrogens with one attached hydrogen (secondary N) is 1. The number of nitrogens with zero attached hydrogens (tertiary/aromatic N) is 5. The maximum absolute atomic E-state index is 13.9. The van der Waals surface area contributed by atoms with Crippen LogP contribution in [0, 0.1) is 0 Å². The lowest BCUT2D eigenvalue weighted by molar-refractivity contribution is -0.143. The fourth-order valence-corrected chi connectivity index (χ4v) is 4.17. The number of hydrogen-bond donors (Lipinski definition) is 1. The van der Waals surface area contributed by atoms with E-state index < -0.39 is 17.5 Å². The van der Waals surface area contributed by atoms with Crippen molar-refractivity contribution in [3.8, 4) is 28.6 Å². The topological polar surface area (TPSA) is 134 Å². The zero-order valence-electron chi connectivity index (χ0n) is 24.0. The molecule has 41 heavy (non-hydrogen) atoms. The molecule has 0 spiro atoms. The van der Waals surface area contributed by atoms with Gasteiger partial charge in [0.25, 0.3) is 5.91 Å². The van der Waals surface area contributed by atoms with Gasteiger partial charge in [-0.05, 0) is 74.0 Å². The Morgan fingerprint density at radius 3 is 2.34 bits per heavy atom. The summed E-state index contributed by atoms with van der Waals surface area (Å²) < 4.78 is 21.6. The van der Waals surface area contributed by atoms with Gasteiger partial charge in [-0.3, -0.25) is 9.59 Å². The predicted molar refractivity (Wildman–Crippen MR) is 149 cm³/mol. The van der Waals surface area contributed by atoms with E-state index in [2.05, 4.69) is 20.7 Å². The molecule has 1 atom stereocenters. The molecule has 0 unspecified atom stereocenters. The first-order valence-electron chi connectivity index (χ1n) is 12.9. The third kappa shape index (κ3) is 7.21. The van der Waals surface area contributed by atoms with E-state index in [1.165, 1.54) is 23.1 Å². The molecule has 0 aliphatic carbocycles. The Balaban J connectivity index is 1.66. The number of carbonyl (C=O) groups excluding carboxylic acids is 2. The number of ether oxygens (including phenoxy) is 3. The maximum Gasteiger partial charge on any atom is 0.251 e. The third-order valence-electron chi connectivity index (χ3n) is 6.07. The quantitative estimate of drug-likeness (QED) is 0.291. The number of amides is 2. The van der Waals surface area contributed by atoms with Crippen molar-refractivity contribution in [1.82, 2.24) is 30.4 Å². The summed E-state index contributed by atoms with van der Waals surface area (Å²) in [7, 11) is 4.66. The molecule has 0 bridgehead atoms. The van der Waals surface area contributed by atoms with Gasteiger partial charge in [0.15, 0.2) is 17.5 Å². The van der Waals surface area contributed by atoms with Crippen molar-refractivity contribution in [2.24, 2.45) is 0 Å². The minimum absolute atomic E-state index is 0.114. The van der Waals surface area contributed by atoms with Gasteiger partial charge in [0.05, 0.1) is 27.6 Å². The Kier molecular flexibility index (Phi) is 8.91. The highest BCUT2D eigenvalue weighted by Crippen LogP contribution is 2.31. The number of aromatic nitrogens is 4. The lowest BCUT2D eigenvalue weighted by atomic mass is 10.1. The van der Waals surface area contributed by atoms with Gasteiger partial charge in [-0.25, -0.2) is 0 Å². The van der Waals surface area contributed by atoms with Crippen molar-refractivity contribution < 1.29 is 28.2 Å². The second-order valence-corrected chi connectivity index (χ2v) is 10.2. The first-order chi connectivity index (χ1) is 19.6. The molecular formula is C29H34N6O6. The van der Waals surface area contributed by atoms with Gasteiger partial charge in [-0.1, -0.05) is 12.1 Å². The van der Waals surface area contributed by atoms with Crippen LogP contribution in [0.3, 0.4) is 0 Å². The number of rotatable bonds is 11. The molecule has 0 saturated carbocycles. The summed E-state index contributed by atoms with van der Waals surface area (Å²) in [6.07, 6.45) is 1.47. The number of methoxy groups -OCH3 is 3. The van der Waals surface area contributed by atoms with Crippen LogP contribution in [0.15, 0.2) is 65.3 Å². The van der Waals surface area contributed by atoms with Gasteiger partial charge in [-0.2, -0.15) is 4.80 Å². The van der Waals surface area contributed by atoms with Crippen LogP contribution < -0.4 is 19.5 Å². The SMILES string of the molecule is COc1ccc(CN(C(=O)Cn2nnc(-c3ccc(OC)c(OC)c3)n2)[C@H](C(=O)NC(C)(C)C)c2ccco2)cc1. The molecule has 1 N–H and O–H groups in total. The molecule has 2 amide bonds. The average molecular weight is 563 g/mol. The van der Waals surface area contributed by atoms with E-state index in [1.54, 1.807) is 56.7 Å². The third-order valence-corrected chi connectivity index (χ3v) is 6.07. The molecule has 0 saturated heterocycles. The molecule has 12 nitrogen and oxygen atoms in total. The van der Waals surface area contributed by atoms with Crippen molar-refractivity contribution in [3.05, 3.63) is 72.2 Å². The standard InChI is InChI=1S/C29H34N6O6/c1-29(2,3)30-28(37)26(23-8-7-15-41-23)34(17-19-9-12-21(38-4)13-10-19)25(36)18-35-32-27(31-33-35)20-11-14-22(39-5)24(16-20)40-6/h7-16,26H,17-18H2,1-6H3,(H,30,37)/t26-/m0/s1. The first kappa shape index (κ1) is 29.1. The highest BCUT2D eigenvalue weighted by Gasteiger charge is 2.35. The van der Waals surface area contributed by atoms with Crippen molar-refractivity contribution >= 4 is 11.8 Å². The summed E-state index contributed by atoms with van der Waals surface area (Å²) >= 11 is 0. The lowest BCUT2D eigenvalue weighted by Gasteiger charge is -2.32. The molecule has 216 valence electrons. The molecule has 0 radical (unpaired) electrons. The van der Waals surface area contributed by atoms with E-state index in [1.807, 2.05) is 32.9 Å². The first-order valence-corrected chi connectivity index (χ1v) is 12.9. The van der Waals surface area contributed by atoms with Crippen LogP contribution in [-0.2, 0) is 22.7 Å². The molecule has 2 aromatic carbocycles. The molecular weight excluding hydrogens is 528 g/mol. The Bertz CT molecular complexity index is 1460. The normalized spacial score (nSPS) is 12.0. The second kappa shape index (κ2) is 12.5. The van der Waals surface area contributed by atoms with E-state index in [0.29, 0.717) is 34.4 Å². The van der Waals surface area contributed by atoms with E-state index in [0.717, 1.165) is 5.56 Å². The Morgan fingerprint density at radius 2 is 1.73 bits per heavy atom. The van der Waals surface area contributed by atoms with Crippen molar-refractivity contribution in [2.75, 3.05) is 21.3 Å². The molecule has 0 aliphatic heterocycles. The van der Waals surface area contributed by atoms with Crippen molar-refractivity contribution in [2.45, 2.75) is 45.4 Å². The molecule has 0 fully saturated rings. The number of furan rings is 1. The van der Waals surface area contributed by atoms with Gasteiger partial charge in [0.1, 0.15) is 18.1 Å². The Labute approximate surface area is 238 Å². The largest absolute Gasteiger partial charge is 0.497 e. The Morgan fingerprint density at radius 1 is 1.00 bits per heavy atom. The van der Waals surface area contributed by atoms with Gasteiger partial charge in [0.2, 0.25) is 11.7 Å². The van der Waals surface area contributed by atoms with Crippen LogP contribution in [0.25, 0.3) is 11.4 Å². The lowest BCUT2D eigenvalue weighted by Crippen LogP contribution is -2.49. The zero-order valence-corrected chi connectivity index (χ0v) is 24.0. The minimum Gasteiger partial charge on any atom is -0.497 e. The number of tetrazole rings is 1. The van der Waals surface area contributed by atoms with Gasteiger partial charge in [-0.15, -0.1) is 10.2 Å². The van der Waals surface area contributed by atoms with Crippen LogP contribution >= 0.6 is 0 Å². The Hall–Kier alpha value is -4.87. The monoisotopic (exact) mass is 562 g/mol. The fraction of sp³-hybridized carbons (Fsp3) is 0.345. The number of benzene rings is 2. The summed E-state index contributed by atoms with van der Waals surface area (Å²) in [5.41, 5.74) is 0.879. The molecule has 0 aliphatic rings. The summed E-state index contributed by atoms with van der Waals surface area (Å²) in [6, 6.07) is 14.8. The van der Waals surface area contributed by atoms with E-state index in [9.17, 15) is 9.59 Å². The highest BCUT2D eigenvalue weighted by atomic mass is 16.5. The molecule has 4 rings (SSSR count). The summed E-state index contributed by atoms with van der Waals surface area (Å²) in [4.78, 5) is 30.1. The van der Waals surface area contributed by atoms with Gasteiger partial charge in [0, 0.05) is 17.6 Å². The molecule has 2 heterocycles. The van der Waals surface area contributed by atoms with Crippen LogP contribution in [-0.4, -0.2) is 63.8 Å². The zero-order chi connectivity index (χ0) is 29.6. The van der Waals surface area contributed by atoms with Crippen LogP contribution in [0.4, 0.5) is 0 Å². The van der Waals surface area contributed by atoms with Crippen LogP contribution in [0.1, 0.15) is 38.1 Å². The maximum atomic E-state index is 13.9. The van der Waals surface area contributed by atoms with Crippen LogP contribution in [0.2, 0.25) is 0 Å². The number of hydrogen-bond acceptors (Lipinski definition) is 9. The highest BCUT2D eigenvalue weighted by molar-refractivity contribution is 5.88. The van der Waals surface area contributed by atoms with E-state index >= 15 is 0 Å². The average Bonchev–Trinajstić information content (AvgIpc) is 3.64. The minimum atomic E-state index is -1.05. The molecule has 4 aromatic rings. The second-order valence-electron chi connectivity index (χ2n) is 10.2. The molecule has 2 aromatic heterocycles. The summed E-state index contributed by atoms with van der Waals surface area (Å²) in [5, 5.41) is 15.6. The van der Waals surface area contributed by atoms with E-state index in [-0.39, 0.29) is 19.0 Å². The van der Waals surface area contributed by atoms with Gasteiger partial charge < -0.3 is 28.8 Å². The van der Waals surface area contributed by atoms with Gasteiger partial charge >= 0.3 is 0 Å². The summed E-state index contributed by atoms with van der Waals surface area (Å²) in [6.45, 7) is 5.46. The van der Waals surface area contributed by atoms with Crippen LogP contribution in [0.5, 0.6) is 17.2 Å². The summed E-state index contributed by atoms with van der Waals surface area (Å²) in [5.74, 6) is 1.57. The number of carbonyl (C=O) groups is 2. The van der Waals surface area contributed by atoms with Crippen molar-refractivity contribution in [1.29, 1.82) is 0 Å². The molecule has 12 heteroatoms.